The van der Waals surface area contributed by atoms with E-state index in [0.717, 1.165) is 0 Å². The third-order valence-electron chi connectivity index (χ3n) is 1.28. The van der Waals surface area contributed by atoms with E-state index in [1.807, 2.05) is 0 Å². The zero-order valence-electron chi connectivity index (χ0n) is 6.84. The molecular formula is C6H14NO2P. The summed E-state index contributed by atoms with van der Waals surface area (Å²) in [6.07, 6.45) is 0. The molecule has 0 aromatic carbocycles. The topological polar surface area (TPSA) is 46.2 Å². The maximum absolute atomic E-state index is 11.3. The van der Waals surface area contributed by atoms with Crippen LogP contribution in [0.25, 0.3) is 0 Å². The van der Waals surface area contributed by atoms with Crippen molar-refractivity contribution in [1.82, 2.24) is 5.32 Å². The Morgan fingerprint density at radius 3 is 1.90 bits per heavy atom. The second kappa shape index (κ2) is 3.31. The normalized spacial score (nSPS) is 14.8. The van der Waals surface area contributed by atoms with Gasteiger partial charge in [-0.3, -0.25) is 4.79 Å². The van der Waals surface area contributed by atoms with Crippen LogP contribution in [0.4, 0.5) is 0 Å². The molecule has 10 heavy (non-hydrogen) atoms. The van der Waals surface area contributed by atoms with Crippen LogP contribution in [0, 0.1) is 0 Å². The Balaban J connectivity index is 4.38. The van der Waals surface area contributed by atoms with Crippen molar-refractivity contribution in [3.8, 4) is 0 Å². The van der Waals surface area contributed by atoms with E-state index in [4.69, 9.17) is 0 Å². The highest BCUT2D eigenvalue weighted by Gasteiger charge is 2.24. The van der Waals surface area contributed by atoms with E-state index in [0.29, 0.717) is 0 Å². The fourth-order valence-electron chi connectivity index (χ4n) is 0.952. The van der Waals surface area contributed by atoms with Crippen molar-refractivity contribution in [2.45, 2.75) is 12.7 Å². The number of carbonyl (C=O) groups excluding carboxylic acids is 1. The van der Waals surface area contributed by atoms with Crippen LogP contribution >= 0.6 is 7.14 Å². The van der Waals surface area contributed by atoms with Crippen LogP contribution in [0.5, 0.6) is 0 Å². The van der Waals surface area contributed by atoms with Crippen molar-refractivity contribution in [3.63, 3.8) is 0 Å². The lowest BCUT2D eigenvalue weighted by atomic mass is 10.4. The molecule has 1 atom stereocenters. The van der Waals surface area contributed by atoms with Crippen LogP contribution in [0.2, 0.25) is 0 Å². The lowest BCUT2D eigenvalue weighted by molar-refractivity contribution is -0.117. The third kappa shape index (κ3) is 2.63. The number of likely N-dealkylation sites (N-methyl/N-ethyl adjacent to an activating group) is 1. The van der Waals surface area contributed by atoms with Crippen molar-refractivity contribution in [2.24, 2.45) is 0 Å². The summed E-state index contributed by atoms with van der Waals surface area (Å²) < 4.78 is 11.3. The Hall–Kier alpha value is -0.140. The maximum Gasteiger partial charge on any atom is 0.154 e. The van der Waals surface area contributed by atoms with Crippen LogP contribution < -0.4 is 5.32 Å². The van der Waals surface area contributed by atoms with E-state index in [2.05, 4.69) is 5.32 Å². The number of carbonyl (C=O) groups is 1. The molecule has 0 spiro atoms. The fraction of sp³-hybridized carbons (Fsp3) is 0.833. The summed E-state index contributed by atoms with van der Waals surface area (Å²) in [7, 11) is -0.648. The molecule has 0 saturated carbocycles. The summed E-state index contributed by atoms with van der Waals surface area (Å²) >= 11 is 0. The first-order chi connectivity index (χ1) is 4.39. The van der Waals surface area contributed by atoms with Gasteiger partial charge in [-0.05, 0) is 27.3 Å². The Labute approximate surface area is 61.6 Å². The zero-order chi connectivity index (χ0) is 8.36. The minimum Gasteiger partial charge on any atom is -0.322 e. The Morgan fingerprint density at radius 1 is 1.50 bits per heavy atom. The Morgan fingerprint density at radius 2 is 1.90 bits per heavy atom. The largest absolute Gasteiger partial charge is 0.322 e. The first-order valence-electron chi connectivity index (χ1n) is 3.12. The number of rotatable bonds is 3. The highest BCUT2D eigenvalue weighted by atomic mass is 31.2. The summed E-state index contributed by atoms with van der Waals surface area (Å²) in [5.74, 6) is -0.525. The summed E-state index contributed by atoms with van der Waals surface area (Å²) in [6.45, 7) is 4.66. The number of Topliss-reactive ketones (excluding diaryl/α,β-unsaturated/α-hetero) is 1. The monoisotopic (exact) mass is 163 g/mol. The molecule has 0 heterocycles. The van der Waals surface area contributed by atoms with Gasteiger partial charge in [0.1, 0.15) is 12.9 Å². The molecule has 0 aromatic rings. The molecule has 4 heteroatoms. The van der Waals surface area contributed by atoms with Gasteiger partial charge in [0.2, 0.25) is 0 Å². The van der Waals surface area contributed by atoms with Crippen LogP contribution in [0.15, 0.2) is 0 Å². The molecule has 60 valence electrons. The molecule has 0 radical (unpaired) electrons. The SMILES string of the molecule is CNC(C(C)=O)P(C)(C)=O. The lowest BCUT2D eigenvalue weighted by Crippen LogP contribution is -2.31. The molecular weight excluding hydrogens is 149 g/mol. The van der Waals surface area contributed by atoms with E-state index in [1.165, 1.54) is 6.92 Å². The Kier molecular flexibility index (Phi) is 3.26. The molecule has 0 bridgehead atoms. The minimum atomic E-state index is -2.29. The third-order valence-corrected chi connectivity index (χ3v) is 3.15. The molecule has 3 nitrogen and oxygen atoms in total. The standard InChI is InChI=1S/C6H14NO2P/c1-5(8)6(7-2)10(3,4)9/h6-7H,1-4H3. The zero-order valence-corrected chi connectivity index (χ0v) is 7.74. The number of ketones is 1. The molecule has 0 saturated heterocycles. The first-order valence-corrected chi connectivity index (χ1v) is 5.79. The lowest BCUT2D eigenvalue weighted by Gasteiger charge is -2.16. The number of hydrogen-bond donors (Lipinski definition) is 1. The molecule has 0 aliphatic heterocycles. The van der Waals surface area contributed by atoms with Crippen molar-refractivity contribution in [1.29, 1.82) is 0 Å². The van der Waals surface area contributed by atoms with E-state index in [9.17, 15) is 9.36 Å². The second-order valence-corrected chi connectivity index (χ2v) is 6.12. The summed E-state index contributed by atoms with van der Waals surface area (Å²) in [5.41, 5.74) is 0. The predicted molar refractivity (Wildman–Crippen MR) is 43.0 cm³/mol. The quantitative estimate of drug-likeness (QED) is 0.624. The van der Waals surface area contributed by atoms with Crippen molar-refractivity contribution >= 4 is 12.9 Å². The molecule has 0 rings (SSSR count). The van der Waals surface area contributed by atoms with Gasteiger partial charge in [0.05, 0.1) is 0 Å². The van der Waals surface area contributed by atoms with Gasteiger partial charge in [-0.15, -0.1) is 0 Å². The van der Waals surface area contributed by atoms with Gasteiger partial charge in [-0.1, -0.05) is 0 Å². The van der Waals surface area contributed by atoms with Gasteiger partial charge < -0.3 is 9.88 Å². The van der Waals surface area contributed by atoms with Crippen LogP contribution in [-0.4, -0.2) is 31.9 Å². The smallest absolute Gasteiger partial charge is 0.154 e. The molecule has 0 aliphatic carbocycles. The van der Waals surface area contributed by atoms with E-state index >= 15 is 0 Å². The molecule has 0 aliphatic rings. The highest BCUT2D eigenvalue weighted by Crippen LogP contribution is 2.40. The average molecular weight is 163 g/mol. The van der Waals surface area contributed by atoms with Gasteiger partial charge >= 0.3 is 0 Å². The fourth-order valence-corrected chi connectivity index (χ4v) is 2.45. The van der Waals surface area contributed by atoms with Crippen LogP contribution in [0.1, 0.15) is 6.92 Å². The number of nitrogens with one attached hydrogen (secondary N) is 1. The predicted octanol–water partition coefficient (Wildman–Crippen LogP) is 0.744. The number of hydrogen-bond acceptors (Lipinski definition) is 3. The molecule has 0 amide bonds. The Bertz CT molecular complexity index is 173. The van der Waals surface area contributed by atoms with Crippen LogP contribution in [0.3, 0.4) is 0 Å². The van der Waals surface area contributed by atoms with Crippen molar-refractivity contribution in [3.05, 3.63) is 0 Å². The van der Waals surface area contributed by atoms with E-state index in [1.54, 1.807) is 20.4 Å². The van der Waals surface area contributed by atoms with Crippen molar-refractivity contribution in [2.75, 3.05) is 20.4 Å². The minimum absolute atomic E-state index is 0.0594. The van der Waals surface area contributed by atoms with Gasteiger partial charge in [0, 0.05) is 0 Å². The summed E-state index contributed by atoms with van der Waals surface area (Å²) in [4.78, 5) is 10.8. The molecule has 0 fully saturated rings. The van der Waals surface area contributed by atoms with Gasteiger partial charge in [-0.2, -0.15) is 0 Å². The highest BCUT2D eigenvalue weighted by molar-refractivity contribution is 7.64. The summed E-state index contributed by atoms with van der Waals surface area (Å²) in [5, 5.41) is 2.73. The van der Waals surface area contributed by atoms with E-state index < -0.39 is 12.9 Å². The maximum atomic E-state index is 11.3. The average Bonchev–Trinajstić information content (AvgIpc) is 1.60. The first kappa shape index (κ1) is 9.86. The van der Waals surface area contributed by atoms with Gasteiger partial charge in [0.15, 0.2) is 5.78 Å². The van der Waals surface area contributed by atoms with Gasteiger partial charge in [0.25, 0.3) is 0 Å². The second-order valence-electron chi connectivity index (χ2n) is 2.74. The molecule has 1 unspecified atom stereocenters. The van der Waals surface area contributed by atoms with Crippen LogP contribution in [-0.2, 0) is 9.36 Å². The molecule has 0 aromatic heterocycles. The van der Waals surface area contributed by atoms with Gasteiger partial charge in [-0.25, -0.2) is 0 Å². The summed E-state index contributed by atoms with van der Waals surface area (Å²) in [6, 6.07) is 0. The van der Waals surface area contributed by atoms with E-state index in [-0.39, 0.29) is 5.78 Å². The van der Waals surface area contributed by atoms with Crippen molar-refractivity contribution < 1.29 is 9.36 Å². The molecule has 1 N–H and O–H groups in total.